The van der Waals surface area contributed by atoms with E-state index in [4.69, 9.17) is 5.11 Å². The van der Waals surface area contributed by atoms with Crippen molar-refractivity contribution >= 4 is 0 Å². The van der Waals surface area contributed by atoms with Gasteiger partial charge >= 0.3 is 6.18 Å². The van der Waals surface area contributed by atoms with E-state index in [1.165, 1.54) is 7.11 Å². The van der Waals surface area contributed by atoms with Crippen LogP contribution in [0, 0.1) is 0 Å². The van der Waals surface area contributed by atoms with Crippen LogP contribution < -0.4 is 0 Å². The molecule has 14 heavy (non-hydrogen) atoms. The standard InChI is InChI=1S/C8H15F3O3/c1-13-5-7(12)3-2-4-14-6-8(9,10)11/h7,12H,2-6H2,1H3. The minimum atomic E-state index is -4.27. The molecule has 0 rings (SSSR count). The Morgan fingerprint density at radius 2 is 2.00 bits per heavy atom. The number of methoxy groups -OCH3 is 1. The molecule has 0 aromatic heterocycles. The summed E-state index contributed by atoms with van der Waals surface area (Å²) < 4.78 is 43.7. The van der Waals surface area contributed by atoms with E-state index in [0.717, 1.165) is 0 Å². The summed E-state index contributed by atoms with van der Waals surface area (Å²) in [6.07, 6.45) is -4.13. The van der Waals surface area contributed by atoms with Crippen molar-refractivity contribution in [1.82, 2.24) is 0 Å². The van der Waals surface area contributed by atoms with E-state index in [1.54, 1.807) is 0 Å². The zero-order valence-corrected chi connectivity index (χ0v) is 8.01. The Morgan fingerprint density at radius 3 is 2.50 bits per heavy atom. The molecule has 0 aromatic carbocycles. The van der Waals surface area contributed by atoms with Crippen LogP contribution in [0.5, 0.6) is 0 Å². The Labute approximate surface area is 80.8 Å². The van der Waals surface area contributed by atoms with E-state index in [2.05, 4.69) is 9.47 Å². The Morgan fingerprint density at radius 1 is 1.36 bits per heavy atom. The number of ether oxygens (including phenoxy) is 2. The van der Waals surface area contributed by atoms with Crippen LogP contribution in [-0.2, 0) is 9.47 Å². The van der Waals surface area contributed by atoms with Crippen LogP contribution >= 0.6 is 0 Å². The smallest absolute Gasteiger partial charge is 0.391 e. The van der Waals surface area contributed by atoms with Crippen molar-refractivity contribution < 1.29 is 27.8 Å². The van der Waals surface area contributed by atoms with Crippen molar-refractivity contribution in [1.29, 1.82) is 0 Å². The summed E-state index contributed by atoms with van der Waals surface area (Å²) >= 11 is 0. The first-order valence-corrected chi connectivity index (χ1v) is 4.27. The third-order valence-electron chi connectivity index (χ3n) is 1.45. The van der Waals surface area contributed by atoms with Crippen LogP contribution in [0.15, 0.2) is 0 Å². The number of rotatable bonds is 7. The average molecular weight is 216 g/mol. The molecule has 1 N–H and O–H groups in total. The summed E-state index contributed by atoms with van der Waals surface area (Å²) in [7, 11) is 1.45. The maximum absolute atomic E-state index is 11.6. The first-order chi connectivity index (χ1) is 6.45. The highest BCUT2D eigenvalue weighted by molar-refractivity contribution is 4.53. The van der Waals surface area contributed by atoms with Crippen molar-refractivity contribution in [3.8, 4) is 0 Å². The second kappa shape index (κ2) is 7.03. The van der Waals surface area contributed by atoms with Gasteiger partial charge in [0.1, 0.15) is 6.61 Å². The summed E-state index contributed by atoms with van der Waals surface area (Å²) in [4.78, 5) is 0. The molecule has 0 saturated heterocycles. The lowest BCUT2D eigenvalue weighted by Gasteiger charge is -2.10. The van der Waals surface area contributed by atoms with Gasteiger partial charge in [-0.05, 0) is 12.8 Å². The second-order valence-corrected chi connectivity index (χ2v) is 2.92. The normalized spacial score (nSPS) is 14.4. The van der Waals surface area contributed by atoms with Gasteiger partial charge in [-0.2, -0.15) is 13.2 Å². The number of alkyl halides is 3. The number of aliphatic hydroxyl groups is 1. The first-order valence-electron chi connectivity index (χ1n) is 4.27. The molecule has 0 aromatic rings. The fourth-order valence-corrected chi connectivity index (χ4v) is 0.885. The minimum absolute atomic E-state index is 0.000282. The summed E-state index contributed by atoms with van der Waals surface area (Å²) in [6, 6.07) is 0. The van der Waals surface area contributed by atoms with E-state index in [0.29, 0.717) is 12.8 Å². The summed E-state index contributed by atoms with van der Waals surface area (Å²) in [5.74, 6) is 0. The lowest BCUT2D eigenvalue weighted by molar-refractivity contribution is -0.174. The van der Waals surface area contributed by atoms with Crippen LogP contribution in [0.3, 0.4) is 0 Å². The van der Waals surface area contributed by atoms with Crippen molar-refractivity contribution in [2.45, 2.75) is 25.1 Å². The van der Waals surface area contributed by atoms with Crippen LogP contribution in [0.1, 0.15) is 12.8 Å². The molecule has 0 aliphatic heterocycles. The molecule has 0 spiro atoms. The van der Waals surface area contributed by atoms with Gasteiger partial charge in [0.25, 0.3) is 0 Å². The lowest BCUT2D eigenvalue weighted by Crippen LogP contribution is -2.19. The van der Waals surface area contributed by atoms with Gasteiger partial charge in [-0.25, -0.2) is 0 Å². The van der Waals surface area contributed by atoms with Crippen molar-refractivity contribution in [3.05, 3.63) is 0 Å². The largest absolute Gasteiger partial charge is 0.411 e. The Bertz CT molecular complexity index is 138. The van der Waals surface area contributed by atoms with Crippen LogP contribution in [0.4, 0.5) is 13.2 Å². The molecule has 0 amide bonds. The zero-order chi connectivity index (χ0) is 11.0. The predicted octanol–water partition coefficient (Wildman–Crippen LogP) is 1.35. The fourth-order valence-electron chi connectivity index (χ4n) is 0.885. The van der Waals surface area contributed by atoms with Gasteiger partial charge in [-0.15, -0.1) is 0 Å². The molecule has 0 radical (unpaired) electrons. The van der Waals surface area contributed by atoms with Gasteiger partial charge in [-0.1, -0.05) is 0 Å². The Balaban J connectivity index is 3.21. The number of hydrogen-bond acceptors (Lipinski definition) is 3. The highest BCUT2D eigenvalue weighted by Gasteiger charge is 2.27. The molecule has 0 bridgehead atoms. The molecule has 1 atom stereocenters. The summed E-state index contributed by atoms with van der Waals surface area (Å²) in [5, 5.41) is 9.11. The molecule has 6 heteroatoms. The van der Waals surface area contributed by atoms with E-state index < -0.39 is 18.9 Å². The Hall–Kier alpha value is -0.330. The molecule has 0 fully saturated rings. The monoisotopic (exact) mass is 216 g/mol. The van der Waals surface area contributed by atoms with E-state index in [1.807, 2.05) is 0 Å². The van der Waals surface area contributed by atoms with Crippen molar-refractivity contribution in [2.75, 3.05) is 26.9 Å². The SMILES string of the molecule is COCC(O)CCCOCC(F)(F)F. The Kier molecular flexibility index (Phi) is 6.86. The van der Waals surface area contributed by atoms with Crippen LogP contribution in [-0.4, -0.2) is 44.3 Å². The maximum atomic E-state index is 11.6. The fraction of sp³-hybridized carbons (Fsp3) is 1.00. The molecule has 3 nitrogen and oxygen atoms in total. The number of aliphatic hydroxyl groups excluding tert-OH is 1. The number of halogens is 3. The lowest BCUT2D eigenvalue weighted by atomic mass is 10.2. The average Bonchev–Trinajstić information content (AvgIpc) is 2.02. The highest BCUT2D eigenvalue weighted by atomic mass is 19.4. The van der Waals surface area contributed by atoms with Gasteiger partial charge in [0.05, 0.1) is 12.7 Å². The van der Waals surface area contributed by atoms with Gasteiger partial charge < -0.3 is 14.6 Å². The van der Waals surface area contributed by atoms with Gasteiger partial charge in [0.2, 0.25) is 0 Å². The summed E-state index contributed by atoms with van der Waals surface area (Å²) in [6.45, 7) is -1.03. The molecule has 1 unspecified atom stereocenters. The topological polar surface area (TPSA) is 38.7 Å². The third kappa shape index (κ3) is 9.76. The molecule has 0 aliphatic rings. The van der Waals surface area contributed by atoms with Gasteiger partial charge in [0.15, 0.2) is 0 Å². The van der Waals surface area contributed by atoms with Gasteiger partial charge in [-0.3, -0.25) is 0 Å². The number of hydrogen-bond donors (Lipinski definition) is 1. The van der Waals surface area contributed by atoms with Crippen molar-refractivity contribution in [2.24, 2.45) is 0 Å². The molecule has 0 saturated carbocycles. The van der Waals surface area contributed by atoms with Crippen molar-refractivity contribution in [3.63, 3.8) is 0 Å². The molecule has 86 valence electrons. The van der Waals surface area contributed by atoms with E-state index in [9.17, 15) is 13.2 Å². The molecule has 0 aliphatic carbocycles. The third-order valence-corrected chi connectivity index (χ3v) is 1.45. The van der Waals surface area contributed by atoms with Crippen LogP contribution in [0.2, 0.25) is 0 Å². The maximum Gasteiger partial charge on any atom is 0.411 e. The highest BCUT2D eigenvalue weighted by Crippen LogP contribution is 2.14. The summed E-state index contributed by atoms with van der Waals surface area (Å²) in [5.41, 5.74) is 0. The second-order valence-electron chi connectivity index (χ2n) is 2.92. The molecular weight excluding hydrogens is 201 g/mol. The predicted molar refractivity (Wildman–Crippen MR) is 44.0 cm³/mol. The zero-order valence-electron chi connectivity index (χ0n) is 8.01. The van der Waals surface area contributed by atoms with E-state index in [-0.39, 0.29) is 13.2 Å². The van der Waals surface area contributed by atoms with Crippen LogP contribution in [0.25, 0.3) is 0 Å². The first kappa shape index (κ1) is 13.7. The minimum Gasteiger partial charge on any atom is -0.391 e. The molecular formula is C8H15F3O3. The van der Waals surface area contributed by atoms with E-state index >= 15 is 0 Å². The molecule has 0 heterocycles. The van der Waals surface area contributed by atoms with Gasteiger partial charge in [0, 0.05) is 13.7 Å². The quantitative estimate of drug-likeness (QED) is 0.653.